The van der Waals surface area contributed by atoms with Gasteiger partial charge < -0.3 is 0 Å². The molecule has 1 aromatic carbocycles. The summed E-state index contributed by atoms with van der Waals surface area (Å²) in [6.45, 7) is 2.26. The maximum absolute atomic E-state index is 12.3. The second-order valence-electron chi connectivity index (χ2n) is 7.01. The number of aromatic nitrogens is 3. The summed E-state index contributed by atoms with van der Waals surface area (Å²) in [5.74, 6) is 0.0392. The summed E-state index contributed by atoms with van der Waals surface area (Å²) in [5.41, 5.74) is 1.58. The van der Waals surface area contributed by atoms with E-state index in [1.165, 1.54) is 49.6 Å². The zero-order valence-corrected chi connectivity index (χ0v) is 16.2. The molecule has 0 atom stereocenters. The highest BCUT2D eigenvalue weighted by molar-refractivity contribution is 5.88. The van der Waals surface area contributed by atoms with E-state index in [4.69, 9.17) is 0 Å². The van der Waals surface area contributed by atoms with Gasteiger partial charge in [-0.25, -0.2) is 0 Å². The molecule has 2 rings (SSSR count). The molecule has 0 radical (unpaired) electrons. The van der Waals surface area contributed by atoms with Crippen molar-refractivity contribution >= 4 is 16.9 Å². The predicted molar refractivity (Wildman–Crippen MR) is 108 cm³/mol. The molecule has 0 saturated heterocycles. The van der Waals surface area contributed by atoms with Crippen molar-refractivity contribution in [2.24, 2.45) is 0 Å². The molecular formula is C22H33N3O. The average molecular weight is 356 g/mol. The summed E-state index contributed by atoms with van der Waals surface area (Å²) in [6, 6.07) is 7.59. The van der Waals surface area contributed by atoms with E-state index in [9.17, 15) is 4.79 Å². The van der Waals surface area contributed by atoms with Gasteiger partial charge in [0.2, 0.25) is 5.91 Å². The summed E-state index contributed by atoms with van der Waals surface area (Å²) < 4.78 is 1.44. The fourth-order valence-electron chi connectivity index (χ4n) is 3.15. The molecule has 0 aliphatic rings. The summed E-state index contributed by atoms with van der Waals surface area (Å²) in [5, 5.41) is 8.02. The van der Waals surface area contributed by atoms with Crippen molar-refractivity contribution < 1.29 is 4.79 Å². The SMILES string of the molecule is CCCCCCCC/C=C/CCCCCC(=O)n1nnc2ccccc21. The molecule has 0 saturated carbocycles. The first-order chi connectivity index (χ1) is 12.8. The van der Waals surface area contributed by atoms with Crippen LogP contribution >= 0.6 is 0 Å². The first kappa shape index (κ1) is 20.3. The third-order valence-corrected chi connectivity index (χ3v) is 4.74. The van der Waals surface area contributed by atoms with E-state index in [1.807, 2.05) is 24.3 Å². The lowest BCUT2D eigenvalue weighted by Crippen LogP contribution is -2.12. The lowest BCUT2D eigenvalue weighted by molar-refractivity contribution is 0.0886. The lowest BCUT2D eigenvalue weighted by Gasteiger charge is -2.01. The highest BCUT2D eigenvalue weighted by atomic mass is 16.2. The van der Waals surface area contributed by atoms with Crippen LogP contribution in [0.5, 0.6) is 0 Å². The van der Waals surface area contributed by atoms with Gasteiger partial charge in [0.1, 0.15) is 5.52 Å². The van der Waals surface area contributed by atoms with Crippen molar-refractivity contribution in [1.82, 2.24) is 15.0 Å². The molecule has 1 aromatic heterocycles. The predicted octanol–water partition coefficient (Wildman–Crippen LogP) is 6.33. The van der Waals surface area contributed by atoms with Crippen LogP contribution in [0.2, 0.25) is 0 Å². The van der Waals surface area contributed by atoms with E-state index in [-0.39, 0.29) is 5.91 Å². The topological polar surface area (TPSA) is 47.8 Å². The molecule has 0 amide bonds. The molecule has 0 fully saturated rings. The van der Waals surface area contributed by atoms with Gasteiger partial charge in [-0.3, -0.25) is 4.79 Å². The Morgan fingerprint density at radius 1 is 0.923 bits per heavy atom. The molecule has 0 spiro atoms. The normalized spacial score (nSPS) is 11.6. The number of carbonyl (C=O) groups excluding carboxylic acids is 1. The molecule has 142 valence electrons. The minimum atomic E-state index is 0.0392. The number of nitrogens with zero attached hydrogens (tertiary/aromatic N) is 3. The van der Waals surface area contributed by atoms with Crippen molar-refractivity contribution in [3.05, 3.63) is 36.4 Å². The monoisotopic (exact) mass is 355 g/mol. The summed E-state index contributed by atoms with van der Waals surface area (Å²) >= 11 is 0. The molecule has 0 N–H and O–H groups in total. The number of benzene rings is 1. The lowest BCUT2D eigenvalue weighted by atomic mass is 10.1. The smallest absolute Gasteiger partial charge is 0.248 e. The Hall–Kier alpha value is -1.97. The van der Waals surface area contributed by atoms with E-state index in [0.29, 0.717) is 6.42 Å². The van der Waals surface area contributed by atoms with Gasteiger partial charge in [-0.15, -0.1) is 5.10 Å². The van der Waals surface area contributed by atoms with Crippen molar-refractivity contribution in [3.8, 4) is 0 Å². The first-order valence-corrected chi connectivity index (χ1v) is 10.3. The number of rotatable bonds is 13. The number of fused-ring (bicyclic) bond motifs is 1. The maximum Gasteiger partial charge on any atom is 0.248 e. The standard InChI is InChI=1S/C22H33N3O/c1-2-3-4-5-6-7-8-9-10-11-12-13-14-19-22(26)25-21-18-16-15-17-20(21)23-24-25/h9-10,15-18H,2-8,11-14,19H2,1H3/b10-9+. The van der Waals surface area contributed by atoms with E-state index < -0.39 is 0 Å². The highest BCUT2D eigenvalue weighted by Gasteiger charge is 2.10. The molecule has 4 heteroatoms. The van der Waals surface area contributed by atoms with Crippen LogP contribution in [0, 0.1) is 0 Å². The largest absolute Gasteiger partial charge is 0.273 e. The van der Waals surface area contributed by atoms with Crippen molar-refractivity contribution in [1.29, 1.82) is 0 Å². The Labute approximate surface area is 157 Å². The van der Waals surface area contributed by atoms with E-state index in [1.54, 1.807) is 0 Å². The van der Waals surface area contributed by atoms with Crippen molar-refractivity contribution in [2.45, 2.75) is 84.0 Å². The van der Waals surface area contributed by atoms with Crippen LogP contribution in [0.25, 0.3) is 11.0 Å². The van der Waals surface area contributed by atoms with Gasteiger partial charge >= 0.3 is 0 Å². The molecule has 4 nitrogen and oxygen atoms in total. The van der Waals surface area contributed by atoms with Gasteiger partial charge in [0.25, 0.3) is 0 Å². The molecule has 0 bridgehead atoms. The Kier molecular flexibility index (Phi) is 9.70. The van der Waals surface area contributed by atoms with Crippen LogP contribution in [-0.2, 0) is 0 Å². The summed E-state index contributed by atoms with van der Waals surface area (Å²) in [4.78, 5) is 12.3. The van der Waals surface area contributed by atoms with Crippen LogP contribution in [-0.4, -0.2) is 20.9 Å². The fraction of sp³-hybridized carbons (Fsp3) is 0.591. The fourth-order valence-corrected chi connectivity index (χ4v) is 3.15. The maximum atomic E-state index is 12.3. The molecule has 2 aromatic rings. The van der Waals surface area contributed by atoms with Gasteiger partial charge in [0.15, 0.2) is 0 Å². The Balaban J connectivity index is 1.50. The third kappa shape index (κ3) is 7.11. The molecule has 0 unspecified atom stereocenters. The van der Waals surface area contributed by atoms with Gasteiger partial charge in [-0.1, -0.05) is 74.9 Å². The number of unbranched alkanes of at least 4 members (excludes halogenated alkanes) is 9. The van der Waals surface area contributed by atoms with Crippen LogP contribution in [0.1, 0.15) is 88.8 Å². The second-order valence-corrected chi connectivity index (χ2v) is 7.01. The number of allylic oxidation sites excluding steroid dienone is 2. The van der Waals surface area contributed by atoms with Crippen LogP contribution in [0.3, 0.4) is 0 Å². The second kappa shape index (κ2) is 12.4. The molecular weight excluding hydrogens is 322 g/mol. The molecule has 26 heavy (non-hydrogen) atoms. The van der Waals surface area contributed by atoms with Gasteiger partial charge in [0, 0.05) is 6.42 Å². The summed E-state index contributed by atoms with van der Waals surface area (Å²) in [7, 11) is 0. The van der Waals surface area contributed by atoms with Crippen LogP contribution < -0.4 is 0 Å². The number of hydrogen-bond acceptors (Lipinski definition) is 3. The average Bonchev–Trinajstić information content (AvgIpc) is 3.09. The van der Waals surface area contributed by atoms with E-state index in [0.717, 1.165) is 36.7 Å². The summed E-state index contributed by atoms with van der Waals surface area (Å²) in [6.07, 6.45) is 18.8. The number of hydrogen-bond donors (Lipinski definition) is 0. The molecule has 1 heterocycles. The van der Waals surface area contributed by atoms with E-state index >= 15 is 0 Å². The number of carbonyl (C=O) groups is 1. The van der Waals surface area contributed by atoms with Crippen molar-refractivity contribution in [2.75, 3.05) is 0 Å². The number of para-hydroxylation sites is 1. The molecule has 0 aliphatic heterocycles. The van der Waals surface area contributed by atoms with Gasteiger partial charge in [-0.05, 0) is 44.2 Å². The highest BCUT2D eigenvalue weighted by Crippen LogP contribution is 2.12. The zero-order chi connectivity index (χ0) is 18.5. The Bertz CT molecular complexity index is 675. The first-order valence-electron chi connectivity index (χ1n) is 10.3. The Morgan fingerprint density at radius 3 is 2.35 bits per heavy atom. The van der Waals surface area contributed by atoms with E-state index in [2.05, 4.69) is 29.4 Å². The molecule has 0 aliphatic carbocycles. The van der Waals surface area contributed by atoms with Crippen molar-refractivity contribution in [3.63, 3.8) is 0 Å². The van der Waals surface area contributed by atoms with Gasteiger partial charge in [0.05, 0.1) is 5.52 Å². The minimum Gasteiger partial charge on any atom is -0.273 e. The quantitative estimate of drug-likeness (QED) is 0.311. The van der Waals surface area contributed by atoms with Crippen LogP contribution in [0.15, 0.2) is 36.4 Å². The van der Waals surface area contributed by atoms with Crippen LogP contribution in [0.4, 0.5) is 0 Å². The third-order valence-electron chi connectivity index (χ3n) is 4.74. The minimum absolute atomic E-state index is 0.0392. The van der Waals surface area contributed by atoms with Gasteiger partial charge in [-0.2, -0.15) is 4.68 Å². The Morgan fingerprint density at radius 2 is 1.58 bits per heavy atom. The zero-order valence-electron chi connectivity index (χ0n) is 16.2.